The van der Waals surface area contributed by atoms with Gasteiger partial charge in [-0.2, -0.15) is 4.31 Å². The van der Waals surface area contributed by atoms with Crippen molar-refractivity contribution in [2.75, 3.05) is 56.1 Å². The molecular formula is C61H64Cl2FN8O13PS. The second-order valence-corrected chi connectivity index (χ2v) is 28.2. The van der Waals surface area contributed by atoms with Crippen LogP contribution in [-0.2, 0) is 56.8 Å². The Morgan fingerprint density at radius 1 is 1.01 bits per heavy atom. The number of sulfonamides is 1. The summed E-state index contributed by atoms with van der Waals surface area (Å²) in [6.45, 7) is 5.86. The first-order chi connectivity index (χ1) is 41.2. The lowest BCUT2D eigenvalue weighted by molar-refractivity contribution is -0.156. The minimum Gasteiger partial charge on any atom is -0.495 e. The van der Waals surface area contributed by atoms with E-state index in [-0.39, 0.29) is 93.6 Å². The predicted molar refractivity (Wildman–Crippen MR) is 320 cm³/mol. The summed E-state index contributed by atoms with van der Waals surface area (Å²) in [7, 11) is -6.24. The van der Waals surface area contributed by atoms with E-state index in [1.54, 1.807) is 36.4 Å². The van der Waals surface area contributed by atoms with E-state index < -0.39 is 90.1 Å². The molecule has 1 aliphatic carbocycles. The average molecular weight is 1270 g/mol. The molecule has 0 unspecified atom stereocenters. The van der Waals surface area contributed by atoms with E-state index in [0.29, 0.717) is 47.5 Å². The lowest BCUT2D eigenvalue weighted by Gasteiger charge is -2.39. The van der Waals surface area contributed by atoms with Crippen molar-refractivity contribution >= 4 is 88.0 Å². The zero-order chi connectivity index (χ0) is 62.1. The van der Waals surface area contributed by atoms with Gasteiger partial charge in [-0.15, -0.1) is 0 Å². The average Bonchev–Trinajstić information content (AvgIpc) is 1.57. The number of halogens is 3. The number of amides is 5. The maximum absolute atomic E-state index is 16.4. The second kappa shape index (κ2) is 23.5. The van der Waals surface area contributed by atoms with Crippen molar-refractivity contribution in [1.29, 1.82) is 0 Å². The molecule has 3 saturated heterocycles. The van der Waals surface area contributed by atoms with E-state index >= 15 is 4.39 Å². The van der Waals surface area contributed by atoms with Crippen LogP contribution in [-0.4, -0.2) is 126 Å². The van der Waals surface area contributed by atoms with Gasteiger partial charge in [0.1, 0.15) is 23.4 Å². The standard InChI is InChI=1S/C61H64Cl2FN8O13PS/c1-59(2,3)30-49-61(33-66-46-27-38(62)16-18-43(46)61)51(41-12-7-13-44(63)52(41)64)53(68-49)55(74)67-45-19-17-39(28-48(45)83-5)87(81,82)70-25-22-60(23-26-70)29-37(60)15-14-35-9-6-11-40-42(35)31-71(56(40)75)47-20-21-50(73)72(57(47)76)34-84-58(77)69(4)54-36(10-8-24-65-54)32-85-86(78,79)80/h6-13,16-19,24,27-28,37,47,49,51,53,66,68H,20-23,25-26,29-34H2,1-5H3,(H,67,74)(H2,78,79,80)/t37-,47+,49+,51+,53-,61+/m1/s1. The van der Waals surface area contributed by atoms with Crippen molar-refractivity contribution in [3.8, 4) is 17.6 Å². The molecule has 5 aromatic rings. The van der Waals surface area contributed by atoms with E-state index in [4.69, 9.17) is 42.5 Å². The smallest absolute Gasteiger partial charge is 0.469 e. The SMILES string of the molecule is COc1cc(S(=O)(=O)N2CCC3(CC2)C[C@H]3C#Cc2cccc3c2CN([C@H]2CCC(=O)N(COC(=O)N(C)c4ncccc4COP(=O)(O)O)C2=O)C3=O)ccc1NC(=O)[C@@H]1N[C@@H](CC(C)(C)C)[C@@]2(CNc3cc(Cl)ccc32)[C@H]1c1cccc(Cl)c1F. The van der Waals surface area contributed by atoms with E-state index in [0.717, 1.165) is 27.5 Å². The number of phosphoric acid groups is 1. The van der Waals surface area contributed by atoms with Gasteiger partial charge in [0.25, 0.3) is 11.8 Å². The number of carbonyl (C=O) groups is 5. The van der Waals surface area contributed by atoms with Gasteiger partial charge in [-0.25, -0.2) is 32.1 Å². The number of imide groups is 1. The third-order valence-electron chi connectivity index (χ3n) is 17.7. The van der Waals surface area contributed by atoms with Crippen molar-refractivity contribution in [3.63, 3.8) is 0 Å². The minimum atomic E-state index is -4.86. The molecule has 5 aliphatic heterocycles. The highest BCUT2D eigenvalue weighted by Gasteiger charge is 2.62. The number of hydrogen-bond donors (Lipinski definition) is 5. The van der Waals surface area contributed by atoms with Gasteiger partial charge in [0.2, 0.25) is 21.8 Å². The van der Waals surface area contributed by atoms with Crippen LogP contribution in [0.25, 0.3) is 0 Å². The Balaban J connectivity index is 0.732. The number of fused-ring (bicyclic) bond motifs is 3. The number of anilines is 3. The highest BCUT2D eigenvalue weighted by atomic mass is 35.5. The summed E-state index contributed by atoms with van der Waals surface area (Å²) >= 11 is 12.9. The summed E-state index contributed by atoms with van der Waals surface area (Å²) in [5, 5.41) is 10.6. The molecule has 11 rings (SSSR count). The van der Waals surface area contributed by atoms with Crippen LogP contribution in [0.4, 0.5) is 26.4 Å². The molecule has 4 fully saturated rings. The number of nitrogens with one attached hydrogen (secondary N) is 3. The van der Waals surface area contributed by atoms with E-state index in [9.17, 15) is 37.0 Å². The van der Waals surface area contributed by atoms with Crippen molar-refractivity contribution in [2.24, 2.45) is 16.7 Å². The highest BCUT2D eigenvalue weighted by molar-refractivity contribution is 7.89. The van der Waals surface area contributed by atoms with Gasteiger partial charge in [-0.3, -0.25) is 28.6 Å². The number of benzene rings is 4. The number of likely N-dealkylation sites (tertiary alicyclic amines) is 1. The fourth-order valence-electron chi connectivity index (χ4n) is 13.3. The Morgan fingerprint density at radius 3 is 2.51 bits per heavy atom. The van der Waals surface area contributed by atoms with Crippen LogP contribution in [0.15, 0.2) is 96.0 Å². The Hall–Kier alpha value is -6.97. The first kappa shape index (κ1) is 61.7. The van der Waals surface area contributed by atoms with Crippen LogP contribution in [0, 0.1) is 34.4 Å². The Kier molecular flexibility index (Phi) is 16.7. The number of rotatable bonds is 14. The van der Waals surface area contributed by atoms with E-state index in [1.807, 2.05) is 12.1 Å². The van der Waals surface area contributed by atoms with Crippen LogP contribution >= 0.6 is 31.0 Å². The summed E-state index contributed by atoms with van der Waals surface area (Å²) in [5.41, 5.74) is 2.65. The van der Waals surface area contributed by atoms with Crippen molar-refractivity contribution in [2.45, 2.75) is 107 Å². The van der Waals surface area contributed by atoms with Gasteiger partial charge in [0.05, 0.1) is 35.4 Å². The summed E-state index contributed by atoms with van der Waals surface area (Å²) in [6.07, 6.45) is 2.68. The number of carbonyl (C=O) groups excluding carboxylic acids is 5. The lowest BCUT2D eigenvalue weighted by Crippen LogP contribution is -2.55. The number of nitrogens with zero attached hydrogens (tertiary/aromatic N) is 5. The van der Waals surface area contributed by atoms with Crippen LogP contribution in [0.5, 0.6) is 5.75 Å². The summed E-state index contributed by atoms with van der Waals surface area (Å²) in [4.78, 5) is 94.5. The summed E-state index contributed by atoms with van der Waals surface area (Å²) in [6, 6.07) is 20.4. The van der Waals surface area contributed by atoms with Gasteiger partial charge in [0, 0.05) is 103 Å². The van der Waals surface area contributed by atoms with Gasteiger partial charge in [-0.05, 0) is 108 Å². The zero-order valence-electron chi connectivity index (χ0n) is 48.1. The minimum absolute atomic E-state index is 0.0230. The lowest BCUT2D eigenvalue weighted by atomic mass is 9.63. The molecule has 4 aromatic carbocycles. The molecular weight excluding hydrogens is 1210 g/mol. The van der Waals surface area contributed by atoms with Gasteiger partial charge >= 0.3 is 13.9 Å². The quantitative estimate of drug-likeness (QED) is 0.0396. The van der Waals surface area contributed by atoms with E-state index in [1.165, 1.54) is 66.0 Å². The second-order valence-electron chi connectivity index (χ2n) is 24.1. The fourth-order valence-corrected chi connectivity index (χ4v) is 15.4. The molecule has 5 amide bonds. The summed E-state index contributed by atoms with van der Waals surface area (Å²) < 4.78 is 73.6. The molecule has 21 nitrogen and oxygen atoms in total. The number of hydrogen-bond acceptors (Lipinski definition) is 14. The largest absolute Gasteiger partial charge is 0.495 e. The van der Waals surface area contributed by atoms with Gasteiger partial charge < -0.3 is 40.1 Å². The van der Waals surface area contributed by atoms with Crippen molar-refractivity contribution in [1.82, 2.24) is 24.4 Å². The van der Waals surface area contributed by atoms with Gasteiger partial charge in [-0.1, -0.05) is 86.1 Å². The Morgan fingerprint density at radius 2 is 1.77 bits per heavy atom. The topological polar surface area (TPSA) is 267 Å². The Bertz CT molecular complexity index is 3890. The van der Waals surface area contributed by atoms with Crippen molar-refractivity contribution in [3.05, 3.63) is 140 Å². The molecule has 0 radical (unpaired) electrons. The molecule has 87 heavy (non-hydrogen) atoms. The fraction of sp³-hybridized carbons (Fsp3) is 0.410. The first-order valence-corrected chi connectivity index (χ1v) is 32.0. The summed E-state index contributed by atoms with van der Waals surface area (Å²) in [5.74, 6) is 3.06. The Labute approximate surface area is 512 Å². The molecule has 458 valence electrons. The first-order valence-electron chi connectivity index (χ1n) is 28.3. The molecule has 26 heteroatoms. The predicted octanol–water partition coefficient (Wildman–Crippen LogP) is 8.55. The highest BCUT2D eigenvalue weighted by Crippen LogP contribution is 2.60. The normalized spacial score (nSPS) is 23.2. The number of piperidine rings is 2. The molecule has 6 heterocycles. The number of aromatic nitrogens is 1. The van der Waals surface area contributed by atoms with Gasteiger partial charge in [0.15, 0.2) is 6.73 Å². The zero-order valence-corrected chi connectivity index (χ0v) is 51.4. The van der Waals surface area contributed by atoms with E-state index in [2.05, 4.69) is 58.1 Å². The molecule has 2 spiro atoms. The monoisotopic (exact) mass is 1270 g/mol. The number of ether oxygens (including phenoxy) is 2. The van der Waals surface area contributed by atoms with Crippen LogP contribution in [0.1, 0.15) is 103 Å². The molecule has 1 saturated carbocycles. The molecule has 6 atom stereocenters. The van der Waals surface area contributed by atoms with Crippen LogP contribution < -0.4 is 25.6 Å². The number of methoxy groups -OCH3 is 1. The third-order valence-corrected chi connectivity index (χ3v) is 20.6. The maximum Gasteiger partial charge on any atom is 0.469 e. The number of pyridine rings is 1. The maximum atomic E-state index is 16.4. The van der Waals surface area contributed by atoms with Crippen molar-refractivity contribution < 1.29 is 65.1 Å². The number of phosphoric ester groups is 1. The molecule has 1 aromatic heterocycles. The molecule has 6 aliphatic rings. The molecule has 5 N–H and O–H groups in total. The third kappa shape index (κ3) is 11.8. The van der Waals surface area contributed by atoms with Crippen LogP contribution in [0.2, 0.25) is 10.0 Å². The molecule has 0 bridgehead atoms. The van der Waals surface area contributed by atoms with Crippen LogP contribution in [0.3, 0.4) is 0 Å².